The number of nitrogens with zero attached hydrogens (tertiary/aromatic N) is 1. The van der Waals surface area contributed by atoms with Crippen LogP contribution in [-0.2, 0) is 6.42 Å². The molecule has 0 saturated carbocycles. The zero-order chi connectivity index (χ0) is 21.5. The van der Waals surface area contributed by atoms with Gasteiger partial charge in [0.2, 0.25) is 0 Å². The minimum absolute atomic E-state index is 0.0162. The molecule has 3 heteroatoms. The van der Waals surface area contributed by atoms with Gasteiger partial charge >= 0.3 is 0 Å². The molecule has 0 bridgehead atoms. The standard InChI is InChI=1S/C29H24N2O/c1-19-11-14-27-24(17-19)23-13-12-21(28(29(23)32-27)26-10-6-16-31-26)18-20-7-2-3-8-22(20)25-9-4-5-15-30-25/h2-14,16-17,26,30H,15,18H2,1H3. The molecule has 6 rings (SSSR count). The summed E-state index contributed by atoms with van der Waals surface area (Å²) in [5, 5.41) is 5.83. The van der Waals surface area contributed by atoms with Gasteiger partial charge in [0.25, 0.3) is 0 Å². The number of furan rings is 1. The lowest BCUT2D eigenvalue weighted by Crippen LogP contribution is -2.15. The molecule has 3 heterocycles. The van der Waals surface area contributed by atoms with Gasteiger partial charge in [0.15, 0.2) is 0 Å². The van der Waals surface area contributed by atoms with Crippen LogP contribution in [0.3, 0.4) is 0 Å². The first-order valence-electron chi connectivity index (χ1n) is 11.1. The predicted octanol–water partition coefficient (Wildman–Crippen LogP) is 6.67. The molecule has 0 amide bonds. The number of allylic oxidation sites excluding steroid dienone is 3. The highest BCUT2D eigenvalue weighted by molar-refractivity contribution is 6.06. The highest BCUT2D eigenvalue weighted by atomic mass is 16.3. The van der Waals surface area contributed by atoms with Gasteiger partial charge in [0, 0.05) is 40.4 Å². The van der Waals surface area contributed by atoms with Crippen molar-refractivity contribution in [3.05, 3.63) is 113 Å². The molecule has 0 radical (unpaired) electrons. The molecule has 156 valence electrons. The average Bonchev–Trinajstić information content (AvgIpc) is 3.48. The first-order valence-corrected chi connectivity index (χ1v) is 11.1. The number of hydrogen-bond acceptors (Lipinski definition) is 3. The fraction of sp³-hybridized carbons (Fsp3) is 0.138. The smallest absolute Gasteiger partial charge is 0.141 e. The molecule has 1 N–H and O–H groups in total. The summed E-state index contributed by atoms with van der Waals surface area (Å²) in [6.45, 7) is 2.98. The van der Waals surface area contributed by atoms with Gasteiger partial charge in [0.05, 0.1) is 6.04 Å². The molecule has 0 aliphatic carbocycles. The maximum absolute atomic E-state index is 6.44. The number of fused-ring (bicyclic) bond motifs is 3. The molecule has 4 aromatic rings. The van der Waals surface area contributed by atoms with Crippen molar-refractivity contribution in [2.75, 3.05) is 6.54 Å². The molecule has 3 aromatic carbocycles. The molecule has 0 saturated heterocycles. The van der Waals surface area contributed by atoms with Gasteiger partial charge in [-0.25, -0.2) is 0 Å². The fourth-order valence-electron chi connectivity index (χ4n) is 4.80. The molecule has 2 aliphatic heterocycles. The van der Waals surface area contributed by atoms with E-state index < -0.39 is 0 Å². The third kappa shape index (κ3) is 3.18. The van der Waals surface area contributed by atoms with Crippen LogP contribution in [0, 0.1) is 6.92 Å². The van der Waals surface area contributed by atoms with Crippen LogP contribution in [0.25, 0.3) is 27.6 Å². The van der Waals surface area contributed by atoms with E-state index in [0.29, 0.717) is 0 Å². The fourth-order valence-corrected chi connectivity index (χ4v) is 4.80. The van der Waals surface area contributed by atoms with E-state index in [9.17, 15) is 0 Å². The van der Waals surface area contributed by atoms with Crippen molar-refractivity contribution in [1.29, 1.82) is 0 Å². The van der Waals surface area contributed by atoms with Gasteiger partial charge in [-0.3, -0.25) is 4.99 Å². The highest BCUT2D eigenvalue weighted by Crippen LogP contribution is 2.39. The monoisotopic (exact) mass is 416 g/mol. The molecule has 0 spiro atoms. The summed E-state index contributed by atoms with van der Waals surface area (Å²) in [6.07, 6.45) is 13.3. The number of hydrogen-bond donors (Lipinski definition) is 1. The molecular weight excluding hydrogens is 392 g/mol. The minimum Gasteiger partial charge on any atom is -0.456 e. The Bertz CT molecular complexity index is 1450. The summed E-state index contributed by atoms with van der Waals surface area (Å²) >= 11 is 0. The Balaban J connectivity index is 1.53. The Kier molecular flexibility index (Phi) is 4.53. The van der Waals surface area contributed by atoms with Crippen LogP contribution in [0.15, 0.2) is 94.4 Å². The highest BCUT2D eigenvalue weighted by Gasteiger charge is 2.22. The Morgan fingerprint density at radius 3 is 2.78 bits per heavy atom. The maximum atomic E-state index is 6.44. The van der Waals surface area contributed by atoms with Crippen molar-refractivity contribution in [2.45, 2.75) is 19.4 Å². The largest absolute Gasteiger partial charge is 0.456 e. The maximum Gasteiger partial charge on any atom is 0.141 e. The zero-order valence-corrected chi connectivity index (χ0v) is 18.0. The summed E-state index contributed by atoms with van der Waals surface area (Å²) in [5.41, 5.74) is 9.24. The first-order chi connectivity index (χ1) is 15.8. The molecule has 3 nitrogen and oxygen atoms in total. The van der Waals surface area contributed by atoms with E-state index in [2.05, 4.69) is 91.1 Å². The van der Waals surface area contributed by atoms with E-state index in [0.717, 1.165) is 29.5 Å². The summed E-state index contributed by atoms with van der Waals surface area (Å²) < 4.78 is 6.44. The summed E-state index contributed by atoms with van der Waals surface area (Å²) in [6, 6.07) is 19.5. The lowest BCUT2D eigenvalue weighted by atomic mass is 9.90. The molecule has 32 heavy (non-hydrogen) atoms. The van der Waals surface area contributed by atoms with Gasteiger partial charge in [-0.2, -0.15) is 0 Å². The topological polar surface area (TPSA) is 37.5 Å². The quantitative estimate of drug-likeness (QED) is 0.403. The van der Waals surface area contributed by atoms with Crippen molar-refractivity contribution < 1.29 is 4.42 Å². The van der Waals surface area contributed by atoms with Crippen molar-refractivity contribution in [1.82, 2.24) is 5.32 Å². The van der Waals surface area contributed by atoms with Gasteiger partial charge in [-0.05, 0) is 48.8 Å². The van der Waals surface area contributed by atoms with Crippen LogP contribution in [0.2, 0.25) is 0 Å². The summed E-state index contributed by atoms with van der Waals surface area (Å²) in [7, 11) is 0. The first kappa shape index (κ1) is 18.9. The van der Waals surface area contributed by atoms with E-state index >= 15 is 0 Å². The van der Waals surface area contributed by atoms with Crippen molar-refractivity contribution in [2.24, 2.45) is 4.99 Å². The second-order valence-corrected chi connectivity index (χ2v) is 8.47. The number of rotatable bonds is 4. The van der Waals surface area contributed by atoms with Gasteiger partial charge < -0.3 is 9.73 Å². The number of nitrogens with one attached hydrogen (secondary N) is 1. The summed E-state index contributed by atoms with van der Waals surface area (Å²) in [4.78, 5) is 4.73. The number of aliphatic imine (C=N–C) groups is 1. The molecule has 1 atom stereocenters. The Labute approximate surface area is 187 Å². The number of aryl methyl sites for hydroxylation is 1. The predicted molar refractivity (Wildman–Crippen MR) is 133 cm³/mol. The third-order valence-corrected chi connectivity index (χ3v) is 6.34. The molecular formula is C29H24N2O. The Morgan fingerprint density at radius 2 is 1.94 bits per heavy atom. The second kappa shape index (κ2) is 7.69. The van der Waals surface area contributed by atoms with E-state index in [1.54, 1.807) is 0 Å². The van der Waals surface area contributed by atoms with Crippen LogP contribution in [0.1, 0.15) is 33.9 Å². The Hall–Kier alpha value is -3.85. The minimum atomic E-state index is -0.0162. The van der Waals surface area contributed by atoms with Crippen LogP contribution in [0.4, 0.5) is 0 Å². The van der Waals surface area contributed by atoms with Crippen LogP contribution in [-0.4, -0.2) is 12.8 Å². The lowest BCUT2D eigenvalue weighted by molar-refractivity contribution is 0.658. The van der Waals surface area contributed by atoms with Gasteiger partial charge in [-0.1, -0.05) is 66.3 Å². The average molecular weight is 417 g/mol. The van der Waals surface area contributed by atoms with E-state index in [-0.39, 0.29) is 6.04 Å². The van der Waals surface area contributed by atoms with Crippen LogP contribution in [0.5, 0.6) is 0 Å². The van der Waals surface area contributed by atoms with E-state index in [4.69, 9.17) is 9.41 Å². The molecule has 2 aliphatic rings. The molecule has 1 aromatic heterocycles. The van der Waals surface area contributed by atoms with Crippen molar-refractivity contribution in [3.63, 3.8) is 0 Å². The molecule has 0 fully saturated rings. The normalized spacial score (nSPS) is 17.3. The van der Waals surface area contributed by atoms with Crippen LogP contribution >= 0.6 is 0 Å². The third-order valence-electron chi connectivity index (χ3n) is 6.34. The van der Waals surface area contributed by atoms with Crippen molar-refractivity contribution >= 4 is 33.9 Å². The zero-order valence-electron chi connectivity index (χ0n) is 18.0. The Morgan fingerprint density at radius 1 is 1.00 bits per heavy atom. The second-order valence-electron chi connectivity index (χ2n) is 8.47. The lowest BCUT2D eigenvalue weighted by Gasteiger charge is -2.18. The van der Waals surface area contributed by atoms with Gasteiger partial charge in [-0.15, -0.1) is 0 Å². The van der Waals surface area contributed by atoms with Crippen molar-refractivity contribution in [3.8, 4) is 0 Å². The molecule has 1 unspecified atom stereocenters. The van der Waals surface area contributed by atoms with Crippen LogP contribution < -0.4 is 5.32 Å². The number of dihydropyridines is 1. The SMILES string of the molecule is Cc1ccc2oc3c(C4C=CC=N4)c(Cc4ccccc4C4=CC=CCN4)ccc3c2c1. The summed E-state index contributed by atoms with van der Waals surface area (Å²) in [5.74, 6) is 0. The van der Waals surface area contributed by atoms with Gasteiger partial charge in [0.1, 0.15) is 11.2 Å². The van der Waals surface area contributed by atoms with E-state index in [1.807, 2.05) is 12.3 Å². The number of benzene rings is 3. The van der Waals surface area contributed by atoms with E-state index in [1.165, 1.54) is 38.9 Å².